The third-order valence-corrected chi connectivity index (χ3v) is 5.61. The molecule has 1 aromatic rings. The summed E-state index contributed by atoms with van der Waals surface area (Å²) >= 11 is 0. The first-order valence-corrected chi connectivity index (χ1v) is 8.98. The first kappa shape index (κ1) is 17.5. The van der Waals surface area contributed by atoms with Gasteiger partial charge in [0.15, 0.2) is 5.78 Å². The molecule has 0 aliphatic carbocycles. The van der Waals surface area contributed by atoms with Gasteiger partial charge >= 0.3 is 0 Å². The second-order valence-corrected chi connectivity index (χ2v) is 7.23. The van der Waals surface area contributed by atoms with Crippen LogP contribution in [0.15, 0.2) is 24.3 Å². The van der Waals surface area contributed by atoms with Crippen molar-refractivity contribution in [3.63, 3.8) is 0 Å². The summed E-state index contributed by atoms with van der Waals surface area (Å²) in [6.45, 7) is 4.09. The Morgan fingerprint density at radius 1 is 1.38 bits per heavy atom. The minimum absolute atomic E-state index is 0.0164. The number of benzene rings is 1. The van der Waals surface area contributed by atoms with Crippen LogP contribution in [0.5, 0.6) is 0 Å². The second-order valence-electron chi connectivity index (χ2n) is 7.23. The van der Waals surface area contributed by atoms with Crippen LogP contribution < -0.4 is 5.32 Å². The fraction of sp³-hybridized carbons (Fsp3) is 0.632. The first-order valence-electron chi connectivity index (χ1n) is 8.98. The Morgan fingerprint density at radius 3 is 2.92 bits per heavy atom. The number of rotatable bonds is 6. The number of carbonyl (C=O) groups excluding carboxylic acids is 1. The molecule has 0 spiro atoms. The van der Waals surface area contributed by atoms with E-state index in [0.29, 0.717) is 18.0 Å². The molecule has 2 fully saturated rings. The summed E-state index contributed by atoms with van der Waals surface area (Å²) in [4.78, 5) is 14.5. The summed E-state index contributed by atoms with van der Waals surface area (Å²) < 4.78 is 12.9. The number of hydrogen-bond donors (Lipinski definition) is 2. The predicted molar refractivity (Wildman–Crippen MR) is 91.6 cm³/mol. The quantitative estimate of drug-likeness (QED) is 0.784. The molecule has 4 nitrogen and oxygen atoms in total. The van der Waals surface area contributed by atoms with Crippen molar-refractivity contribution >= 4 is 5.78 Å². The van der Waals surface area contributed by atoms with E-state index in [1.807, 2.05) is 0 Å². The number of aliphatic hydroxyl groups is 1. The number of fused-ring (bicyclic) bond motifs is 1. The van der Waals surface area contributed by atoms with Crippen LogP contribution in [-0.4, -0.2) is 54.6 Å². The molecule has 5 heteroatoms. The Labute approximate surface area is 143 Å². The summed E-state index contributed by atoms with van der Waals surface area (Å²) in [5.74, 6) is -0.245. The lowest BCUT2D eigenvalue weighted by Gasteiger charge is -2.50. The van der Waals surface area contributed by atoms with Gasteiger partial charge in [-0.1, -0.05) is 0 Å². The fourth-order valence-electron chi connectivity index (χ4n) is 4.21. The number of carbonyl (C=O) groups is 1. The van der Waals surface area contributed by atoms with Crippen LogP contribution in [0, 0.1) is 11.2 Å². The Bertz CT molecular complexity index is 563. The zero-order valence-corrected chi connectivity index (χ0v) is 14.1. The Balaban J connectivity index is 1.48. The topological polar surface area (TPSA) is 52.6 Å². The molecule has 2 saturated heterocycles. The van der Waals surface area contributed by atoms with Gasteiger partial charge in [-0.3, -0.25) is 4.79 Å². The van der Waals surface area contributed by atoms with Gasteiger partial charge in [0.2, 0.25) is 0 Å². The Hall–Kier alpha value is -1.30. The molecule has 0 unspecified atom stereocenters. The van der Waals surface area contributed by atoms with Gasteiger partial charge in [0, 0.05) is 30.0 Å². The van der Waals surface area contributed by atoms with Gasteiger partial charge in [-0.05, 0) is 69.6 Å². The van der Waals surface area contributed by atoms with Crippen LogP contribution in [0.1, 0.15) is 42.5 Å². The maximum Gasteiger partial charge on any atom is 0.162 e. The van der Waals surface area contributed by atoms with Crippen LogP contribution >= 0.6 is 0 Å². The van der Waals surface area contributed by atoms with E-state index in [4.69, 9.17) is 0 Å². The minimum atomic E-state index is -0.315. The maximum atomic E-state index is 12.9. The van der Waals surface area contributed by atoms with E-state index < -0.39 is 0 Å². The van der Waals surface area contributed by atoms with Gasteiger partial charge in [0.05, 0.1) is 6.61 Å². The van der Waals surface area contributed by atoms with Crippen LogP contribution in [0.3, 0.4) is 0 Å². The monoisotopic (exact) mass is 334 g/mol. The molecule has 0 bridgehead atoms. The number of ketones is 1. The zero-order chi connectivity index (χ0) is 17.0. The lowest BCUT2D eigenvalue weighted by molar-refractivity contribution is -0.0197. The van der Waals surface area contributed by atoms with Gasteiger partial charge in [0.1, 0.15) is 5.82 Å². The molecule has 2 atom stereocenters. The highest BCUT2D eigenvalue weighted by Crippen LogP contribution is 2.37. The van der Waals surface area contributed by atoms with Crippen molar-refractivity contribution in [2.75, 3.05) is 32.8 Å². The summed E-state index contributed by atoms with van der Waals surface area (Å²) in [5.41, 5.74) is 0.565. The third kappa shape index (κ3) is 3.85. The molecule has 0 saturated carbocycles. The lowest BCUT2D eigenvalue weighted by atomic mass is 9.71. The molecule has 0 aromatic heterocycles. The zero-order valence-electron chi connectivity index (χ0n) is 14.1. The number of nitrogens with one attached hydrogen (secondary N) is 1. The summed E-state index contributed by atoms with van der Waals surface area (Å²) in [5, 5.41) is 13.5. The molecule has 132 valence electrons. The van der Waals surface area contributed by atoms with Crippen molar-refractivity contribution < 1.29 is 14.3 Å². The van der Waals surface area contributed by atoms with Crippen molar-refractivity contribution in [3.05, 3.63) is 35.6 Å². The lowest BCUT2D eigenvalue weighted by Crippen LogP contribution is -2.61. The van der Waals surface area contributed by atoms with Crippen LogP contribution in [0.25, 0.3) is 0 Å². The van der Waals surface area contributed by atoms with Crippen molar-refractivity contribution in [3.8, 4) is 0 Å². The van der Waals surface area contributed by atoms with Crippen LogP contribution in [0.4, 0.5) is 4.39 Å². The van der Waals surface area contributed by atoms with Crippen molar-refractivity contribution in [1.29, 1.82) is 0 Å². The normalized spacial score (nSPS) is 27.7. The predicted octanol–water partition coefficient (Wildman–Crippen LogP) is 2.22. The molecule has 2 heterocycles. The van der Waals surface area contributed by atoms with Gasteiger partial charge in [0.25, 0.3) is 0 Å². The number of halogens is 1. The van der Waals surface area contributed by atoms with E-state index >= 15 is 0 Å². The smallest absolute Gasteiger partial charge is 0.162 e. The maximum absolute atomic E-state index is 12.9. The Morgan fingerprint density at radius 2 is 2.17 bits per heavy atom. The average molecular weight is 334 g/mol. The molecule has 3 rings (SSSR count). The minimum Gasteiger partial charge on any atom is -0.396 e. The van der Waals surface area contributed by atoms with E-state index in [0.717, 1.165) is 51.9 Å². The van der Waals surface area contributed by atoms with Gasteiger partial charge < -0.3 is 15.3 Å². The molecule has 1 aromatic carbocycles. The highest BCUT2D eigenvalue weighted by molar-refractivity contribution is 5.95. The van der Waals surface area contributed by atoms with Gasteiger partial charge in [-0.25, -0.2) is 4.39 Å². The number of hydrogen-bond acceptors (Lipinski definition) is 4. The van der Waals surface area contributed by atoms with Crippen molar-refractivity contribution in [2.24, 2.45) is 5.41 Å². The largest absolute Gasteiger partial charge is 0.396 e. The number of Topliss-reactive ketones (excluding diaryl/α,β-unsaturated/α-hetero) is 1. The average Bonchev–Trinajstić information content (AvgIpc) is 2.62. The van der Waals surface area contributed by atoms with E-state index in [2.05, 4.69) is 10.2 Å². The molecule has 2 aliphatic heterocycles. The highest BCUT2D eigenvalue weighted by Gasteiger charge is 2.44. The van der Waals surface area contributed by atoms with E-state index in [-0.39, 0.29) is 23.6 Å². The fourth-order valence-corrected chi connectivity index (χ4v) is 4.21. The second kappa shape index (κ2) is 7.72. The Kier molecular flexibility index (Phi) is 5.64. The van der Waals surface area contributed by atoms with Crippen LogP contribution in [-0.2, 0) is 0 Å². The van der Waals surface area contributed by atoms with Crippen molar-refractivity contribution in [2.45, 2.75) is 38.1 Å². The molecular weight excluding hydrogens is 307 g/mol. The standard InChI is InChI=1S/C19H27FN2O2/c20-16-6-4-15(5-7-16)17(24)3-1-11-22-12-8-18-19(13-22,14-23)9-2-10-21-18/h4-7,18,21,23H,1-3,8-14H2/t18-,19-/m1/s1. The van der Waals surface area contributed by atoms with Gasteiger partial charge in [-0.15, -0.1) is 0 Å². The number of piperidine rings is 2. The molecule has 0 radical (unpaired) electrons. The van der Waals surface area contributed by atoms with Gasteiger partial charge in [-0.2, -0.15) is 0 Å². The molecule has 2 aliphatic rings. The number of likely N-dealkylation sites (tertiary alicyclic amines) is 1. The SMILES string of the molecule is O=C(CCCN1CC[C@H]2NCCC[C@]2(CO)C1)c1ccc(F)cc1. The summed E-state index contributed by atoms with van der Waals surface area (Å²) in [6.07, 6.45) is 4.54. The third-order valence-electron chi connectivity index (χ3n) is 5.61. The van der Waals surface area contributed by atoms with Crippen molar-refractivity contribution in [1.82, 2.24) is 10.2 Å². The highest BCUT2D eigenvalue weighted by atomic mass is 19.1. The number of aliphatic hydroxyl groups excluding tert-OH is 1. The van der Waals surface area contributed by atoms with E-state index in [1.165, 1.54) is 12.1 Å². The molecule has 24 heavy (non-hydrogen) atoms. The van der Waals surface area contributed by atoms with E-state index in [9.17, 15) is 14.3 Å². The molecule has 0 amide bonds. The van der Waals surface area contributed by atoms with E-state index in [1.54, 1.807) is 12.1 Å². The first-order chi connectivity index (χ1) is 11.6. The molecule has 2 N–H and O–H groups in total. The number of nitrogens with zero attached hydrogens (tertiary/aromatic N) is 1. The van der Waals surface area contributed by atoms with Crippen LogP contribution in [0.2, 0.25) is 0 Å². The molecular formula is C19H27FN2O2. The summed E-state index contributed by atoms with van der Waals surface area (Å²) in [7, 11) is 0. The summed E-state index contributed by atoms with van der Waals surface area (Å²) in [6, 6.07) is 6.20.